The fourth-order valence-corrected chi connectivity index (χ4v) is 2.40. The number of carbonyl (C=O) groups is 1. The van der Waals surface area contributed by atoms with E-state index in [9.17, 15) is 4.79 Å². The number of nitrogens with one attached hydrogen (secondary N) is 1. The average Bonchev–Trinajstić information content (AvgIpc) is 2.90. The highest BCUT2D eigenvalue weighted by Gasteiger charge is 2.17. The third kappa shape index (κ3) is 2.91. The molecule has 1 atom stereocenters. The summed E-state index contributed by atoms with van der Waals surface area (Å²) in [6.45, 7) is 4.23. The van der Waals surface area contributed by atoms with Gasteiger partial charge in [0.05, 0.1) is 0 Å². The molecule has 0 saturated carbocycles. The predicted octanol–water partition coefficient (Wildman–Crippen LogP) is 2.65. The number of amides is 1. The second-order valence-electron chi connectivity index (χ2n) is 4.97. The number of carbonyl (C=O) groups excluding carboxylic acids is 1. The molecule has 0 aliphatic rings. The smallest absolute Gasteiger partial charge is 0.281 e. The second-order valence-corrected chi connectivity index (χ2v) is 4.97. The van der Waals surface area contributed by atoms with Gasteiger partial charge in [0.25, 0.3) is 5.91 Å². The third-order valence-corrected chi connectivity index (χ3v) is 3.63. The van der Waals surface area contributed by atoms with E-state index < -0.39 is 0 Å². The molecular formula is C16H21N3O. The van der Waals surface area contributed by atoms with Crippen molar-refractivity contribution in [3.05, 3.63) is 59.4 Å². The van der Waals surface area contributed by atoms with E-state index in [1.807, 2.05) is 30.3 Å². The lowest BCUT2D eigenvalue weighted by Crippen LogP contribution is -2.32. The van der Waals surface area contributed by atoms with E-state index in [0.717, 1.165) is 18.5 Å². The number of rotatable bonds is 5. The van der Waals surface area contributed by atoms with Crippen molar-refractivity contribution in [1.29, 1.82) is 0 Å². The van der Waals surface area contributed by atoms with Gasteiger partial charge in [0.2, 0.25) is 0 Å². The Balaban J connectivity index is 2.38. The minimum atomic E-state index is -0.246. The molecule has 3 N–H and O–H groups in total. The maximum Gasteiger partial charge on any atom is 0.281 e. The Kier molecular flexibility index (Phi) is 4.58. The van der Waals surface area contributed by atoms with Crippen molar-refractivity contribution in [3.63, 3.8) is 0 Å². The molecule has 1 aromatic carbocycles. The molecule has 0 bridgehead atoms. The summed E-state index contributed by atoms with van der Waals surface area (Å²) < 4.78 is 2.08. The zero-order valence-corrected chi connectivity index (χ0v) is 12.0. The Hall–Kier alpha value is -2.07. The number of hydrogen-bond acceptors (Lipinski definition) is 2. The molecule has 20 heavy (non-hydrogen) atoms. The van der Waals surface area contributed by atoms with Crippen LogP contribution < -0.4 is 11.3 Å². The lowest BCUT2D eigenvalue weighted by Gasteiger charge is -2.19. The summed E-state index contributed by atoms with van der Waals surface area (Å²) in [5.41, 5.74) is 5.20. The van der Waals surface area contributed by atoms with Gasteiger partial charge >= 0.3 is 0 Å². The van der Waals surface area contributed by atoms with Crippen LogP contribution in [0.1, 0.15) is 48.1 Å². The summed E-state index contributed by atoms with van der Waals surface area (Å²) in [6.07, 6.45) is 1.77. The summed E-state index contributed by atoms with van der Waals surface area (Å²) in [7, 11) is 0. The number of hydrazine groups is 1. The van der Waals surface area contributed by atoms with Crippen molar-refractivity contribution in [2.75, 3.05) is 0 Å². The van der Waals surface area contributed by atoms with Crippen LogP contribution in [0.5, 0.6) is 0 Å². The molecule has 2 rings (SSSR count). The van der Waals surface area contributed by atoms with Gasteiger partial charge in [0, 0.05) is 18.2 Å². The first-order valence-electron chi connectivity index (χ1n) is 6.92. The van der Waals surface area contributed by atoms with Gasteiger partial charge in [-0.05, 0) is 31.0 Å². The van der Waals surface area contributed by atoms with E-state index >= 15 is 0 Å². The molecule has 0 unspecified atom stereocenters. The summed E-state index contributed by atoms with van der Waals surface area (Å²) >= 11 is 0. The zero-order chi connectivity index (χ0) is 14.5. The van der Waals surface area contributed by atoms with Crippen LogP contribution in [0.25, 0.3) is 0 Å². The molecule has 1 heterocycles. The number of aromatic nitrogens is 1. The minimum Gasteiger partial charge on any atom is -0.338 e. The molecule has 1 aromatic heterocycles. The van der Waals surface area contributed by atoms with Crippen LogP contribution >= 0.6 is 0 Å². The molecule has 0 spiro atoms. The third-order valence-electron chi connectivity index (χ3n) is 3.63. The Morgan fingerprint density at radius 3 is 2.55 bits per heavy atom. The molecule has 0 radical (unpaired) electrons. The quantitative estimate of drug-likeness (QED) is 0.499. The second kappa shape index (κ2) is 6.39. The predicted molar refractivity (Wildman–Crippen MR) is 80.3 cm³/mol. The first kappa shape index (κ1) is 14.3. The Labute approximate surface area is 119 Å². The van der Waals surface area contributed by atoms with Crippen LogP contribution in [0, 0.1) is 0 Å². The van der Waals surface area contributed by atoms with Gasteiger partial charge in [0.1, 0.15) is 5.69 Å². The lowest BCUT2D eigenvalue weighted by molar-refractivity contribution is 0.0942. The van der Waals surface area contributed by atoms with Crippen LogP contribution in [0.3, 0.4) is 0 Å². The molecule has 0 saturated heterocycles. The van der Waals surface area contributed by atoms with Crippen molar-refractivity contribution in [2.24, 2.45) is 5.84 Å². The minimum absolute atomic E-state index is 0.246. The van der Waals surface area contributed by atoms with E-state index in [1.165, 1.54) is 5.56 Å². The standard InChI is InChI=1S/C16H21N3O/c1-3-12(2)19-14(9-10-15(19)16(20)18-17)11-13-7-5-4-6-8-13/h4-10,12H,3,11,17H2,1-2H3,(H,18,20)/t12-/m1/s1. The molecule has 0 fully saturated rings. The molecule has 4 nitrogen and oxygen atoms in total. The molecule has 0 aliphatic carbocycles. The summed E-state index contributed by atoms with van der Waals surface area (Å²) in [5, 5.41) is 0. The van der Waals surface area contributed by atoms with Gasteiger partial charge in [-0.25, -0.2) is 5.84 Å². The van der Waals surface area contributed by atoms with E-state index in [4.69, 9.17) is 5.84 Å². The zero-order valence-electron chi connectivity index (χ0n) is 12.0. The fraction of sp³-hybridized carbons (Fsp3) is 0.312. The Bertz CT molecular complexity index is 575. The number of nitrogens with zero attached hydrogens (tertiary/aromatic N) is 1. The SMILES string of the molecule is CC[C@@H](C)n1c(Cc2ccccc2)ccc1C(=O)NN. The molecular weight excluding hydrogens is 250 g/mol. The highest BCUT2D eigenvalue weighted by atomic mass is 16.2. The summed E-state index contributed by atoms with van der Waals surface area (Å²) in [5.74, 6) is 5.02. The molecule has 0 aliphatic heterocycles. The van der Waals surface area contributed by atoms with Crippen molar-refractivity contribution < 1.29 is 4.79 Å². The topological polar surface area (TPSA) is 60.0 Å². The summed E-state index contributed by atoms with van der Waals surface area (Å²) in [6, 6.07) is 14.4. The van der Waals surface area contributed by atoms with Gasteiger partial charge in [0.15, 0.2) is 0 Å². The fourth-order valence-electron chi connectivity index (χ4n) is 2.40. The lowest BCUT2D eigenvalue weighted by atomic mass is 10.1. The normalized spacial score (nSPS) is 12.2. The average molecular weight is 271 g/mol. The van der Waals surface area contributed by atoms with Crippen molar-refractivity contribution >= 4 is 5.91 Å². The van der Waals surface area contributed by atoms with Crippen LogP contribution in [-0.2, 0) is 6.42 Å². The van der Waals surface area contributed by atoms with Crippen LogP contribution in [0.4, 0.5) is 0 Å². The number of nitrogens with two attached hydrogens (primary N) is 1. The molecule has 1 amide bonds. The highest BCUT2D eigenvalue weighted by molar-refractivity contribution is 5.92. The largest absolute Gasteiger partial charge is 0.338 e. The van der Waals surface area contributed by atoms with E-state index in [2.05, 4.69) is 36.0 Å². The maximum atomic E-state index is 11.9. The maximum absolute atomic E-state index is 11.9. The summed E-state index contributed by atoms with van der Waals surface area (Å²) in [4.78, 5) is 11.9. The number of hydrogen-bond donors (Lipinski definition) is 2. The van der Waals surface area contributed by atoms with Crippen LogP contribution in [0.15, 0.2) is 42.5 Å². The van der Waals surface area contributed by atoms with Crippen LogP contribution in [0.2, 0.25) is 0 Å². The van der Waals surface area contributed by atoms with E-state index in [1.54, 1.807) is 0 Å². The van der Waals surface area contributed by atoms with Crippen molar-refractivity contribution in [2.45, 2.75) is 32.7 Å². The van der Waals surface area contributed by atoms with Gasteiger partial charge < -0.3 is 4.57 Å². The molecule has 106 valence electrons. The first-order valence-corrected chi connectivity index (χ1v) is 6.92. The highest BCUT2D eigenvalue weighted by Crippen LogP contribution is 2.21. The molecule has 4 heteroatoms. The van der Waals surface area contributed by atoms with Crippen molar-refractivity contribution in [3.8, 4) is 0 Å². The number of benzene rings is 1. The Morgan fingerprint density at radius 1 is 1.25 bits per heavy atom. The van der Waals surface area contributed by atoms with Gasteiger partial charge in [-0.2, -0.15) is 0 Å². The van der Waals surface area contributed by atoms with E-state index in [-0.39, 0.29) is 11.9 Å². The molecule has 2 aromatic rings. The van der Waals surface area contributed by atoms with Gasteiger partial charge in [-0.3, -0.25) is 10.2 Å². The van der Waals surface area contributed by atoms with E-state index in [0.29, 0.717) is 5.69 Å². The Morgan fingerprint density at radius 2 is 1.95 bits per heavy atom. The number of nitrogen functional groups attached to an aromatic ring is 1. The van der Waals surface area contributed by atoms with Gasteiger partial charge in [-0.15, -0.1) is 0 Å². The van der Waals surface area contributed by atoms with Crippen molar-refractivity contribution in [1.82, 2.24) is 9.99 Å². The van der Waals surface area contributed by atoms with Gasteiger partial charge in [-0.1, -0.05) is 37.3 Å². The van der Waals surface area contributed by atoms with Crippen LogP contribution in [-0.4, -0.2) is 10.5 Å². The first-order chi connectivity index (χ1) is 9.67. The monoisotopic (exact) mass is 271 g/mol.